The van der Waals surface area contributed by atoms with Gasteiger partial charge in [-0.25, -0.2) is 0 Å². The number of ether oxygens (including phenoxy) is 1. The van der Waals surface area contributed by atoms with Gasteiger partial charge in [0.15, 0.2) is 0 Å². The maximum Gasteiger partial charge on any atom is 0.248 e. The van der Waals surface area contributed by atoms with Crippen LogP contribution < -0.4 is 21.1 Å². The van der Waals surface area contributed by atoms with E-state index in [0.29, 0.717) is 11.3 Å². The lowest BCUT2D eigenvalue weighted by Gasteiger charge is -2.10. The molecule has 0 heterocycles. The number of rotatable bonds is 11. The van der Waals surface area contributed by atoms with Crippen molar-refractivity contribution in [2.45, 2.75) is 32.6 Å². The summed E-state index contributed by atoms with van der Waals surface area (Å²) in [5.74, 6) is 0.0783. The maximum absolute atomic E-state index is 12.0. The minimum Gasteiger partial charge on any atom is -0.494 e. The van der Waals surface area contributed by atoms with Crippen LogP contribution in [0.15, 0.2) is 48.5 Å². The third-order valence-electron chi connectivity index (χ3n) is 4.00. The summed E-state index contributed by atoms with van der Waals surface area (Å²) in [5.41, 5.74) is 6.95. The van der Waals surface area contributed by atoms with Crippen molar-refractivity contribution in [3.8, 4) is 5.75 Å². The molecule has 0 bridgehead atoms. The molecule has 0 radical (unpaired) electrons. The van der Waals surface area contributed by atoms with Gasteiger partial charge in [0.05, 0.1) is 13.2 Å². The maximum atomic E-state index is 12.0. The average molecular weight is 369 g/mol. The van der Waals surface area contributed by atoms with E-state index < -0.39 is 5.91 Å². The van der Waals surface area contributed by atoms with Crippen LogP contribution in [0, 0.1) is 0 Å². The van der Waals surface area contributed by atoms with E-state index in [2.05, 4.69) is 17.6 Å². The third-order valence-corrected chi connectivity index (χ3v) is 4.00. The molecule has 2 rings (SSSR count). The van der Waals surface area contributed by atoms with E-state index in [1.165, 1.54) is 19.3 Å². The van der Waals surface area contributed by atoms with Crippen LogP contribution in [0.5, 0.6) is 5.75 Å². The van der Waals surface area contributed by atoms with Crippen molar-refractivity contribution in [1.82, 2.24) is 0 Å². The molecule has 0 aliphatic carbocycles. The molecule has 6 nitrogen and oxygen atoms in total. The molecule has 0 unspecified atom stereocenters. The summed E-state index contributed by atoms with van der Waals surface area (Å²) in [6, 6.07) is 14.1. The van der Waals surface area contributed by atoms with Crippen molar-refractivity contribution in [2.24, 2.45) is 5.73 Å². The Kier molecular flexibility index (Phi) is 8.16. The number of unbranched alkanes of at least 4 members (excludes halogenated alkanes) is 3. The van der Waals surface area contributed by atoms with Gasteiger partial charge in [-0.05, 0) is 48.9 Å². The molecule has 4 N–H and O–H groups in total. The molecule has 2 aromatic carbocycles. The number of hydrogen-bond acceptors (Lipinski definition) is 4. The highest BCUT2D eigenvalue weighted by Crippen LogP contribution is 2.16. The second kappa shape index (κ2) is 10.9. The molecular formula is C21H27N3O3. The van der Waals surface area contributed by atoms with Gasteiger partial charge in [-0.15, -0.1) is 0 Å². The molecule has 144 valence electrons. The molecule has 6 heteroatoms. The Morgan fingerprint density at radius 1 is 1.00 bits per heavy atom. The van der Waals surface area contributed by atoms with Gasteiger partial charge < -0.3 is 21.1 Å². The Balaban J connectivity index is 1.75. The molecule has 0 atom stereocenters. The molecule has 0 aliphatic heterocycles. The average Bonchev–Trinajstić information content (AvgIpc) is 2.67. The number of carbonyl (C=O) groups excluding carboxylic acids is 2. The molecule has 2 amide bonds. The summed E-state index contributed by atoms with van der Waals surface area (Å²) in [6.45, 7) is 3.02. The highest BCUT2D eigenvalue weighted by Gasteiger charge is 2.05. The van der Waals surface area contributed by atoms with E-state index >= 15 is 0 Å². The van der Waals surface area contributed by atoms with Crippen LogP contribution in [0.2, 0.25) is 0 Å². The van der Waals surface area contributed by atoms with Gasteiger partial charge in [0.2, 0.25) is 11.8 Å². The van der Waals surface area contributed by atoms with Crippen LogP contribution in [0.25, 0.3) is 0 Å². The normalized spacial score (nSPS) is 10.3. The van der Waals surface area contributed by atoms with E-state index in [4.69, 9.17) is 10.5 Å². The van der Waals surface area contributed by atoms with E-state index in [1.807, 2.05) is 24.3 Å². The number of amides is 2. The van der Waals surface area contributed by atoms with Crippen LogP contribution in [-0.4, -0.2) is 25.0 Å². The molecule has 0 fully saturated rings. The van der Waals surface area contributed by atoms with Crippen molar-refractivity contribution in [3.63, 3.8) is 0 Å². The smallest absolute Gasteiger partial charge is 0.248 e. The topological polar surface area (TPSA) is 93.4 Å². The van der Waals surface area contributed by atoms with Crippen LogP contribution in [-0.2, 0) is 4.79 Å². The first kappa shape index (κ1) is 20.3. The van der Waals surface area contributed by atoms with Crippen molar-refractivity contribution < 1.29 is 14.3 Å². The van der Waals surface area contributed by atoms with Gasteiger partial charge in [0.25, 0.3) is 0 Å². The van der Waals surface area contributed by atoms with E-state index in [-0.39, 0.29) is 12.5 Å². The number of nitrogens with one attached hydrogen (secondary N) is 2. The molecule has 0 saturated carbocycles. The first-order valence-corrected chi connectivity index (χ1v) is 9.25. The lowest BCUT2D eigenvalue weighted by atomic mass is 10.2. The van der Waals surface area contributed by atoms with Crippen molar-refractivity contribution in [3.05, 3.63) is 54.1 Å². The summed E-state index contributed by atoms with van der Waals surface area (Å²) < 4.78 is 5.70. The van der Waals surface area contributed by atoms with Gasteiger partial charge in [0.1, 0.15) is 5.75 Å². The fraction of sp³-hybridized carbons (Fsp3) is 0.333. The number of hydrogen-bond donors (Lipinski definition) is 3. The predicted molar refractivity (Wildman–Crippen MR) is 108 cm³/mol. The highest BCUT2D eigenvalue weighted by atomic mass is 16.5. The molecule has 27 heavy (non-hydrogen) atoms. The fourth-order valence-corrected chi connectivity index (χ4v) is 2.53. The first-order chi connectivity index (χ1) is 13.1. The second-order valence-corrected chi connectivity index (χ2v) is 6.28. The molecule has 2 aromatic rings. The van der Waals surface area contributed by atoms with Gasteiger partial charge in [-0.1, -0.05) is 32.3 Å². The largest absolute Gasteiger partial charge is 0.494 e. The lowest BCUT2D eigenvalue weighted by molar-refractivity contribution is -0.114. The van der Waals surface area contributed by atoms with Gasteiger partial charge >= 0.3 is 0 Å². The zero-order valence-corrected chi connectivity index (χ0v) is 15.7. The lowest BCUT2D eigenvalue weighted by Crippen LogP contribution is -2.22. The SMILES string of the molecule is CCCCCCOc1ccc(NCC(=O)Nc2cccc(C(N)=O)c2)cc1. The molecular weight excluding hydrogens is 342 g/mol. The Labute approximate surface area is 160 Å². The summed E-state index contributed by atoms with van der Waals surface area (Å²) in [7, 11) is 0. The number of anilines is 2. The van der Waals surface area contributed by atoms with E-state index in [9.17, 15) is 9.59 Å². The fourth-order valence-electron chi connectivity index (χ4n) is 2.53. The van der Waals surface area contributed by atoms with Gasteiger partial charge in [-0.3, -0.25) is 9.59 Å². The van der Waals surface area contributed by atoms with Crippen LogP contribution in [0.1, 0.15) is 43.0 Å². The van der Waals surface area contributed by atoms with Gasteiger partial charge in [0, 0.05) is 16.9 Å². The summed E-state index contributed by atoms with van der Waals surface area (Å²) >= 11 is 0. The Morgan fingerprint density at radius 3 is 2.48 bits per heavy atom. The van der Waals surface area contributed by atoms with Crippen molar-refractivity contribution in [2.75, 3.05) is 23.8 Å². The molecule has 0 aromatic heterocycles. The second-order valence-electron chi connectivity index (χ2n) is 6.28. The summed E-state index contributed by atoms with van der Waals surface area (Å²) in [5, 5.41) is 5.78. The first-order valence-electron chi connectivity index (χ1n) is 9.25. The number of primary amides is 1. The number of carbonyl (C=O) groups is 2. The van der Waals surface area contributed by atoms with Crippen LogP contribution >= 0.6 is 0 Å². The molecule has 0 aliphatic rings. The third kappa shape index (κ3) is 7.40. The van der Waals surface area contributed by atoms with Gasteiger partial charge in [-0.2, -0.15) is 0 Å². The minimum atomic E-state index is -0.531. The zero-order chi connectivity index (χ0) is 19.5. The zero-order valence-electron chi connectivity index (χ0n) is 15.7. The van der Waals surface area contributed by atoms with Crippen LogP contribution in [0.4, 0.5) is 11.4 Å². The number of benzene rings is 2. The quantitative estimate of drug-likeness (QED) is 0.525. The standard InChI is InChI=1S/C21H27N3O3/c1-2-3-4-5-13-27-19-11-9-17(10-12-19)23-15-20(25)24-18-8-6-7-16(14-18)21(22)26/h6-12,14,23H,2-5,13,15H2,1H3,(H2,22,26)(H,24,25). The Bertz CT molecular complexity index is 745. The molecule has 0 saturated heterocycles. The highest BCUT2D eigenvalue weighted by molar-refractivity contribution is 5.97. The van der Waals surface area contributed by atoms with Crippen molar-refractivity contribution in [1.29, 1.82) is 0 Å². The van der Waals surface area contributed by atoms with Crippen molar-refractivity contribution >= 4 is 23.2 Å². The number of nitrogens with two attached hydrogens (primary N) is 1. The summed E-state index contributed by atoms with van der Waals surface area (Å²) in [6.07, 6.45) is 4.70. The summed E-state index contributed by atoms with van der Waals surface area (Å²) in [4.78, 5) is 23.2. The molecule has 0 spiro atoms. The predicted octanol–water partition coefficient (Wildman–Crippen LogP) is 3.80. The Morgan fingerprint density at radius 2 is 1.78 bits per heavy atom. The van der Waals surface area contributed by atoms with E-state index in [0.717, 1.165) is 24.5 Å². The minimum absolute atomic E-state index is 0.109. The van der Waals surface area contributed by atoms with Crippen LogP contribution in [0.3, 0.4) is 0 Å². The Hall–Kier alpha value is -3.02. The van der Waals surface area contributed by atoms with E-state index in [1.54, 1.807) is 24.3 Å². The monoisotopic (exact) mass is 369 g/mol.